The molecule has 6 nitrogen and oxygen atoms in total. The number of aliphatic carboxylic acids is 1. The first-order chi connectivity index (χ1) is 11.1. The Hall–Kier alpha value is -1.64. The zero-order chi connectivity index (χ0) is 16.7. The smallest absolute Gasteiger partial charge is 0.306 e. The fourth-order valence-electron chi connectivity index (χ4n) is 2.15. The minimum absolute atomic E-state index is 0.0786. The van der Waals surface area contributed by atoms with Crippen LogP contribution in [-0.2, 0) is 4.79 Å². The molecule has 2 heterocycles. The first kappa shape index (κ1) is 17.7. The molecule has 0 saturated carbocycles. The number of piperidine rings is 1. The maximum Gasteiger partial charge on any atom is 0.306 e. The molecule has 0 unspecified atom stereocenters. The Bertz CT molecular complexity index is 545. The molecule has 0 amide bonds. The molecule has 1 aromatic heterocycles. The molecule has 1 aliphatic heterocycles. The number of halogens is 1. The van der Waals surface area contributed by atoms with Gasteiger partial charge in [0.2, 0.25) is 5.88 Å². The molecule has 0 aliphatic carbocycles. The topological polar surface area (TPSA) is 88.7 Å². The lowest BCUT2D eigenvalue weighted by Crippen LogP contribution is -2.32. The highest BCUT2D eigenvalue weighted by Crippen LogP contribution is 2.28. The van der Waals surface area contributed by atoms with E-state index in [-0.39, 0.29) is 19.1 Å². The number of carboxylic acids is 1. The van der Waals surface area contributed by atoms with Gasteiger partial charge < -0.3 is 15.6 Å². The van der Waals surface area contributed by atoms with Gasteiger partial charge in [-0.05, 0) is 30.9 Å². The van der Waals surface area contributed by atoms with Crippen LogP contribution in [0.1, 0.15) is 12.8 Å². The maximum absolute atomic E-state index is 12.4. The Morgan fingerprint density at radius 3 is 2.78 bits per heavy atom. The predicted octanol–water partition coefficient (Wildman–Crippen LogP) is 2.08. The van der Waals surface area contributed by atoms with E-state index in [0.29, 0.717) is 30.6 Å². The first-order valence-corrected chi connectivity index (χ1v) is 8.12. The van der Waals surface area contributed by atoms with Crippen LogP contribution >= 0.6 is 11.9 Å². The van der Waals surface area contributed by atoms with Crippen molar-refractivity contribution >= 4 is 17.9 Å². The summed E-state index contributed by atoms with van der Waals surface area (Å²) < 4.78 is 19.9. The van der Waals surface area contributed by atoms with E-state index < -0.39 is 5.97 Å². The van der Waals surface area contributed by atoms with Crippen LogP contribution < -0.4 is 10.5 Å². The summed E-state index contributed by atoms with van der Waals surface area (Å²) in [4.78, 5) is 16.0. The molecular weight excluding hydrogens is 321 g/mol. The number of pyridine rings is 1. The van der Waals surface area contributed by atoms with Gasteiger partial charge in [-0.25, -0.2) is 13.7 Å². The van der Waals surface area contributed by atoms with Gasteiger partial charge in [-0.15, -0.1) is 0 Å². The van der Waals surface area contributed by atoms with E-state index in [0.717, 1.165) is 18.0 Å². The third kappa shape index (κ3) is 5.49. The largest absolute Gasteiger partial charge is 0.481 e. The van der Waals surface area contributed by atoms with E-state index in [1.165, 1.54) is 0 Å². The zero-order valence-electron chi connectivity index (χ0n) is 12.7. The Labute approximate surface area is 138 Å². The number of hydrogen-bond donors (Lipinski definition) is 2. The predicted molar refractivity (Wildman–Crippen MR) is 85.8 cm³/mol. The van der Waals surface area contributed by atoms with E-state index in [9.17, 15) is 9.18 Å². The summed E-state index contributed by atoms with van der Waals surface area (Å²) in [7, 11) is 0. The summed E-state index contributed by atoms with van der Waals surface area (Å²) in [6.07, 6.45) is 3.46. The van der Waals surface area contributed by atoms with E-state index in [1.807, 2.05) is 6.07 Å². The minimum atomic E-state index is -0.711. The molecule has 0 spiro atoms. The van der Waals surface area contributed by atoms with Crippen molar-refractivity contribution in [3.63, 3.8) is 0 Å². The van der Waals surface area contributed by atoms with Gasteiger partial charge >= 0.3 is 5.97 Å². The normalized spacial score (nSPS) is 17.2. The molecular formula is C15H20FN3O3S. The van der Waals surface area contributed by atoms with Crippen LogP contribution in [0.4, 0.5) is 4.39 Å². The second-order valence-electron chi connectivity index (χ2n) is 5.23. The van der Waals surface area contributed by atoms with Crippen LogP contribution in [0.5, 0.6) is 5.88 Å². The highest BCUT2D eigenvalue weighted by atomic mass is 32.2. The standard InChI is InChI=1S/C15H20FN3O3S/c16-7-11(8-17)10-22-14-2-1-13(9-18-14)23-19-5-3-12(4-6-19)15(20)21/h1-2,7,9,12H,3-6,8,10,17H2,(H,20,21)/b11-7+. The van der Waals surface area contributed by atoms with Crippen molar-refractivity contribution < 1.29 is 19.0 Å². The van der Waals surface area contributed by atoms with Crippen LogP contribution in [0.3, 0.4) is 0 Å². The quantitative estimate of drug-likeness (QED) is 0.734. The average molecular weight is 341 g/mol. The zero-order valence-corrected chi connectivity index (χ0v) is 13.5. The molecule has 8 heteroatoms. The maximum atomic E-state index is 12.4. The molecule has 0 radical (unpaired) electrons. The molecule has 1 saturated heterocycles. The van der Waals surface area contributed by atoms with E-state index in [4.69, 9.17) is 15.6 Å². The third-order valence-electron chi connectivity index (χ3n) is 3.57. The highest BCUT2D eigenvalue weighted by molar-refractivity contribution is 7.97. The Morgan fingerprint density at radius 1 is 1.52 bits per heavy atom. The number of aromatic nitrogens is 1. The number of nitrogens with two attached hydrogens (primary N) is 1. The van der Waals surface area contributed by atoms with E-state index in [2.05, 4.69) is 9.29 Å². The van der Waals surface area contributed by atoms with Crippen LogP contribution in [-0.4, -0.2) is 46.6 Å². The van der Waals surface area contributed by atoms with Crippen molar-refractivity contribution in [1.29, 1.82) is 0 Å². The van der Waals surface area contributed by atoms with Crippen molar-refractivity contribution in [3.8, 4) is 5.88 Å². The Balaban J connectivity index is 1.80. The van der Waals surface area contributed by atoms with Gasteiger partial charge in [0.1, 0.15) is 6.61 Å². The number of nitrogens with zero attached hydrogens (tertiary/aromatic N) is 2. The SMILES string of the molecule is NC/C(=C\F)COc1ccc(SN2CCC(C(=O)O)CC2)cn1. The van der Waals surface area contributed by atoms with Crippen LogP contribution in [0.15, 0.2) is 35.1 Å². The number of carboxylic acid groups (broad SMARTS) is 1. The number of rotatable bonds is 7. The van der Waals surface area contributed by atoms with E-state index in [1.54, 1.807) is 24.2 Å². The van der Waals surface area contributed by atoms with Crippen molar-refractivity contribution in [2.75, 3.05) is 26.2 Å². The lowest BCUT2D eigenvalue weighted by molar-refractivity contribution is -0.142. The van der Waals surface area contributed by atoms with Crippen LogP contribution in [0.25, 0.3) is 0 Å². The molecule has 126 valence electrons. The van der Waals surface area contributed by atoms with Crippen molar-refractivity contribution in [2.45, 2.75) is 17.7 Å². The van der Waals surface area contributed by atoms with Gasteiger partial charge in [0.15, 0.2) is 0 Å². The Kier molecular flexibility index (Phi) is 6.82. The molecule has 3 N–H and O–H groups in total. The van der Waals surface area contributed by atoms with Crippen molar-refractivity contribution in [2.24, 2.45) is 11.7 Å². The second kappa shape index (κ2) is 8.85. The summed E-state index contributed by atoms with van der Waals surface area (Å²) in [6.45, 7) is 1.66. The molecule has 1 aliphatic rings. The van der Waals surface area contributed by atoms with Gasteiger partial charge in [-0.2, -0.15) is 0 Å². The highest BCUT2D eigenvalue weighted by Gasteiger charge is 2.24. The molecule has 2 rings (SSSR count). The molecule has 23 heavy (non-hydrogen) atoms. The lowest BCUT2D eigenvalue weighted by Gasteiger charge is -2.28. The third-order valence-corrected chi connectivity index (χ3v) is 4.64. The molecule has 0 bridgehead atoms. The van der Waals surface area contributed by atoms with Gasteiger partial charge in [0.05, 0.1) is 12.2 Å². The summed E-state index contributed by atoms with van der Waals surface area (Å²) in [5.41, 5.74) is 5.72. The van der Waals surface area contributed by atoms with Crippen LogP contribution in [0.2, 0.25) is 0 Å². The van der Waals surface area contributed by atoms with E-state index >= 15 is 0 Å². The monoisotopic (exact) mass is 341 g/mol. The van der Waals surface area contributed by atoms with Gasteiger partial charge in [-0.3, -0.25) is 4.79 Å². The molecule has 1 aromatic rings. The lowest BCUT2D eigenvalue weighted by atomic mass is 9.99. The number of ether oxygens (including phenoxy) is 1. The molecule has 1 fully saturated rings. The van der Waals surface area contributed by atoms with Crippen LogP contribution in [0, 0.1) is 5.92 Å². The first-order valence-electron chi connectivity index (χ1n) is 7.35. The molecule has 0 aromatic carbocycles. The van der Waals surface area contributed by atoms with Crippen molar-refractivity contribution in [1.82, 2.24) is 9.29 Å². The fraction of sp³-hybridized carbons (Fsp3) is 0.467. The second-order valence-corrected chi connectivity index (χ2v) is 6.40. The molecule has 0 atom stereocenters. The Morgan fingerprint density at radius 2 is 2.26 bits per heavy atom. The minimum Gasteiger partial charge on any atom is -0.481 e. The summed E-state index contributed by atoms with van der Waals surface area (Å²) in [5, 5.41) is 8.99. The summed E-state index contributed by atoms with van der Waals surface area (Å²) in [6, 6.07) is 3.59. The summed E-state index contributed by atoms with van der Waals surface area (Å²) >= 11 is 1.55. The number of carbonyl (C=O) groups is 1. The number of hydrogen-bond acceptors (Lipinski definition) is 6. The summed E-state index contributed by atoms with van der Waals surface area (Å²) in [5.74, 6) is -0.537. The van der Waals surface area contributed by atoms with Gasteiger partial charge in [0, 0.05) is 42.4 Å². The van der Waals surface area contributed by atoms with Crippen molar-refractivity contribution in [3.05, 3.63) is 30.2 Å². The fourth-order valence-corrected chi connectivity index (χ4v) is 3.07. The average Bonchev–Trinajstić information content (AvgIpc) is 2.58. The van der Waals surface area contributed by atoms with Gasteiger partial charge in [0.25, 0.3) is 0 Å². The van der Waals surface area contributed by atoms with Gasteiger partial charge in [-0.1, -0.05) is 0 Å².